The summed E-state index contributed by atoms with van der Waals surface area (Å²) in [6, 6.07) is 10.9. The fourth-order valence-electron chi connectivity index (χ4n) is 3.47. The number of amides is 2. The highest BCUT2D eigenvalue weighted by molar-refractivity contribution is 7.89. The molecule has 184 valence electrons. The van der Waals surface area contributed by atoms with Crippen molar-refractivity contribution in [1.29, 1.82) is 0 Å². The SMILES string of the molecule is COc1ccc(CCNC(=O)C(=O)NC[C@@H]2OCCCN2S(=O)(=O)c2ccc(F)c(C)c2)cc1. The number of ether oxygens (including phenoxy) is 2. The van der Waals surface area contributed by atoms with Gasteiger partial charge in [0.05, 0.1) is 25.2 Å². The number of nitrogens with zero attached hydrogens (tertiary/aromatic N) is 1. The average Bonchev–Trinajstić information content (AvgIpc) is 2.84. The molecule has 1 fully saturated rings. The fraction of sp³-hybridized carbons (Fsp3) is 0.391. The number of hydrogen-bond acceptors (Lipinski definition) is 6. The molecule has 2 N–H and O–H groups in total. The maximum Gasteiger partial charge on any atom is 0.309 e. The van der Waals surface area contributed by atoms with Crippen molar-refractivity contribution < 1.29 is 31.9 Å². The first kappa shape index (κ1) is 25.6. The van der Waals surface area contributed by atoms with E-state index >= 15 is 0 Å². The molecule has 9 nitrogen and oxygen atoms in total. The van der Waals surface area contributed by atoms with E-state index in [0.29, 0.717) is 19.4 Å². The van der Waals surface area contributed by atoms with Gasteiger partial charge in [0, 0.05) is 13.1 Å². The molecule has 1 aliphatic rings. The summed E-state index contributed by atoms with van der Waals surface area (Å²) in [6.07, 6.45) is 0.00764. The van der Waals surface area contributed by atoms with Gasteiger partial charge >= 0.3 is 11.8 Å². The molecule has 0 aromatic heterocycles. The van der Waals surface area contributed by atoms with E-state index in [-0.39, 0.29) is 30.1 Å². The highest BCUT2D eigenvalue weighted by Gasteiger charge is 2.35. The zero-order chi connectivity index (χ0) is 24.7. The molecule has 0 spiro atoms. The van der Waals surface area contributed by atoms with Crippen LogP contribution in [0.15, 0.2) is 47.4 Å². The van der Waals surface area contributed by atoms with E-state index in [1.807, 2.05) is 12.1 Å². The summed E-state index contributed by atoms with van der Waals surface area (Å²) < 4.78 is 51.5. The van der Waals surface area contributed by atoms with Crippen LogP contribution < -0.4 is 15.4 Å². The van der Waals surface area contributed by atoms with E-state index < -0.39 is 33.9 Å². The second kappa shape index (κ2) is 11.4. The molecule has 1 saturated heterocycles. The fourth-order valence-corrected chi connectivity index (χ4v) is 5.12. The Balaban J connectivity index is 1.54. The number of halogens is 1. The van der Waals surface area contributed by atoms with Crippen molar-refractivity contribution >= 4 is 21.8 Å². The van der Waals surface area contributed by atoms with Crippen LogP contribution in [0.3, 0.4) is 0 Å². The van der Waals surface area contributed by atoms with Gasteiger partial charge in [-0.15, -0.1) is 0 Å². The summed E-state index contributed by atoms with van der Waals surface area (Å²) in [6.45, 7) is 2.01. The lowest BCUT2D eigenvalue weighted by Crippen LogP contribution is -2.53. The normalized spacial score (nSPS) is 16.6. The Bertz CT molecular complexity index is 1120. The van der Waals surface area contributed by atoms with Gasteiger partial charge in [-0.05, 0) is 61.2 Å². The van der Waals surface area contributed by atoms with E-state index in [1.54, 1.807) is 19.2 Å². The number of rotatable bonds is 8. The zero-order valence-electron chi connectivity index (χ0n) is 19.0. The predicted octanol–water partition coefficient (Wildman–Crippen LogP) is 1.35. The van der Waals surface area contributed by atoms with Crippen LogP contribution in [0, 0.1) is 12.7 Å². The monoisotopic (exact) mass is 493 g/mol. The number of hydrogen-bond donors (Lipinski definition) is 2. The molecule has 1 aliphatic heterocycles. The Morgan fingerprint density at radius 1 is 1.15 bits per heavy atom. The number of benzene rings is 2. The molecule has 1 heterocycles. The highest BCUT2D eigenvalue weighted by atomic mass is 32.2. The van der Waals surface area contributed by atoms with Gasteiger partial charge in [0.25, 0.3) is 0 Å². The molecule has 2 aromatic rings. The maximum atomic E-state index is 13.6. The molecule has 0 unspecified atom stereocenters. The summed E-state index contributed by atoms with van der Waals surface area (Å²) in [5.41, 5.74) is 1.17. The molecule has 2 aromatic carbocycles. The first-order valence-electron chi connectivity index (χ1n) is 10.8. The first-order valence-corrected chi connectivity index (χ1v) is 12.2. The van der Waals surface area contributed by atoms with Crippen LogP contribution in [0.25, 0.3) is 0 Å². The lowest BCUT2D eigenvalue weighted by Gasteiger charge is -2.34. The molecular weight excluding hydrogens is 465 g/mol. The summed E-state index contributed by atoms with van der Waals surface area (Å²) in [7, 11) is -2.41. The Labute approximate surface area is 198 Å². The second-order valence-electron chi connectivity index (χ2n) is 7.77. The molecule has 34 heavy (non-hydrogen) atoms. The molecular formula is C23H28FN3O6S. The Morgan fingerprint density at radius 2 is 1.85 bits per heavy atom. The van der Waals surface area contributed by atoms with Crippen LogP contribution in [-0.4, -0.2) is 64.1 Å². The van der Waals surface area contributed by atoms with Crippen molar-refractivity contribution in [3.63, 3.8) is 0 Å². The minimum atomic E-state index is -3.99. The quantitative estimate of drug-likeness (QED) is 0.537. The lowest BCUT2D eigenvalue weighted by atomic mass is 10.1. The van der Waals surface area contributed by atoms with E-state index in [4.69, 9.17) is 9.47 Å². The largest absolute Gasteiger partial charge is 0.497 e. The molecule has 11 heteroatoms. The van der Waals surface area contributed by atoms with Gasteiger partial charge in [-0.25, -0.2) is 12.8 Å². The van der Waals surface area contributed by atoms with Crippen molar-refractivity contribution in [2.45, 2.75) is 30.9 Å². The third-order valence-electron chi connectivity index (χ3n) is 5.39. The van der Waals surface area contributed by atoms with E-state index in [2.05, 4.69) is 10.6 Å². The zero-order valence-corrected chi connectivity index (χ0v) is 19.9. The Hall–Kier alpha value is -3.02. The summed E-state index contributed by atoms with van der Waals surface area (Å²) in [4.78, 5) is 24.3. The topological polar surface area (TPSA) is 114 Å². The molecule has 0 bridgehead atoms. The van der Waals surface area contributed by atoms with Gasteiger partial charge in [-0.1, -0.05) is 12.1 Å². The van der Waals surface area contributed by atoms with Crippen molar-refractivity contribution in [3.05, 3.63) is 59.4 Å². The molecule has 2 amide bonds. The number of carbonyl (C=O) groups excluding carboxylic acids is 2. The van der Waals surface area contributed by atoms with Crippen LogP contribution in [0.5, 0.6) is 5.75 Å². The standard InChI is InChI=1S/C23H28FN3O6S/c1-16-14-19(8-9-20(16)24)34(30,31)27-12-3-13-33-21(27)15-26-23(29)22(28)25-11-10-17-4-6-18(32-2)7-5-17/h4-9,14,21H,3,10-13,15H2,1-2H3,(H,25,28)(H,26,29)/t21-/m0/s1. The molecule has 0 radical (unpaired) electrons. The first-order chi connectivity index (χ1) is 16.2. The van der Waals surface area contributed by atoms with Gasteiger partial charge in [0.15, 0.2) is 0 Å². The third-order valence-corrected chi connectivity index (χ3v) is 7.28. The van der Waals surface area contributed by atoms with Gasteiger partial charge in [0.2, 0.25) is 10.0 Å². The van der Waals surface area contributed by atoms with Crippen LogP contribution in [0.1, 0.15) is 17.5 Å². The number of methoxy groups -OCH3 is 1. The maximum absolute atomic E-state index is 13.6. The number of aryl methyl sites for hydroxylation is 1. The summed E-state index contributed by atoms with van der Waals surface area (Å²) >= 11 is 0. The van der Waals surface area contributed by atoms with E-state index in [0.717, 1.165) is 21.7 Å². The van der Waals surface area contributed by atoms with Crippen molar-refractivity contribution in [2.24, 2.45) is 0 Å². The third kappa shape index (κ3) is 6.31. The minimum Gasteiger partial charge on any atom is -0.497 e. The Morgan fingerprint density at radius 3 is 2.53 bits per heavy atom. The molecule has 1 atom stereocenters. The second-order valence-corrected chi connectivity index (χ2v) is 9.66. The average molecular weight is 494 g/mol. The number of carbonyl (C=O) groups is 2. The van der Waals surface area contributed by atoms with Crippen molar-refractivity contribution in [1.82, 2.24) is 14.9 Å². The van der Waals surface area contributed by atoms with Crippen LogP contribution in [0.4, 0.5) is 4.39 Å². The van der Waals surface area contributed by atoms with E-state index in [9.17, 15) is 22.4 Å². The summed E-state index contributed by atoms with van der Waals surface area (Å²) in [5.74, 6) is -1.50. The smallest absolute Gasteiger partial charge is 0.309 e. The van der Waals surface area contributed by atoms with Gasteiger partial charge < -0.3 is 20.1 Å². The minimum absolute atomic E-state index is 0.0653. The van der Waals surface area contributed by atoms with Gasteiger partial charge in [0.1, 0.15) is 17.8 Å². The Kier molecular flexibility index (Phi) is 8.59. The van der Waals surface area contributed by atoms with Gasteiger partial charge in [-0.3, -0.25) is 9.59 Å². The summed E-state index contributed by atoms with van der Waals surface area (Å²) in [5, 5.41) is 4.97. The van der Waals surface area contributed by atoms with Crippen LogP contribution in [0.2, 0.25) is 0 Å². The van der Waals surface area contributed by atoms with Crippen molar-refractivity contribution in [3.8, 4) is 5.75 Å². The molecule has 3 rings (SSSR count). The van der Waals surface area contributed by atoms with Crippen molar-refractivity contribution in [2.75, 3.05) is 33.4 Å². The number of sulfonamides is 1. The predicted molar refractivity (Wildman–Crippen MR) is 122 cm³/mol. The van der Waals surface area contributed by atoms with E-state index in [1.165, 1.54) is 19.1 Å². The highest BCUT2D eigenvalue weighted by Crippen LogP contribution is 2.23. The number of nitrogens with one attached hydrogen (secondary N) is 2. The van der Waals surface area contributed by atoms with Crippen LogP contribution in [-0.2, 0) is 30.8 Å². The van der Waals surface area contributed by atoms with Crippen LogP contribution >= 0.6 is 0 Å². The molecule has 0 saturated carbocycles. The molecule has 0 aliphatic carbocycles. The lowest BCUT2D eigenvalue weighted by molar-refractivity contribution is -0.140. The van der Waals surface area contributed by atoms with Gasteiger partial charge in [-0.2, -0.15) is 4.31 Å².